The lowest BCUT2D eigenvalue weighted by atomic mass is 9.51. The van der Waals surface area contributed by atoms with Crippen molar-refractivity contribution in [2.24, 2.45) is 29.6 Å². The van der Waals surface area contributed by atoms with Crippen LogP contribution in [-0.2, 0) is 17.6 Å². The molecule has 0 saturated heterocycles. The Kier molecular flexibility index (Phi) is 2.73. The van der Waals surface area contributed by atoms with Crippen molar-refractivity contribution in [1.29, 1.82) is 0 Å². The number of aryl methyl sites for hydroxylation is 2. The maximum atomic E-state index is 12.8. The maximum Gasteiger partial charge on any atom is 0.229 e. The number of fused-ring (bicyclic) bond motifs is 1. The molecule has 0 aliphatic heterocycles. The van der Waals surface area contributed by atoms with Gasteiger partial charge in [0.05, 0.1) is 5.69 Å². The third-order valence-corrected chi connectivity index (χ3v) is 7.43. The van der Waals surface area contributed by atoms with E-state index in [1.54, 1.807) is 11.3 Å². The zero-order valence-electron chi connectivity index (χ0n) is 12.3. The minimum absolute atomic E-state index is 0.274. The molecule has 0 atom stereocenters. The van der Waals surface area contributed by atoms with E-state index in [4.69, 9.17) is 0 Å². The lowest BCUT2D eigenvalue weighted by Crippen LogP contribution is -2.49. The molecule has 3 nitrogen and oxygen atoms in total. The van der Waals surface area contributed by atoms with Crippen molar-refractivity contribution in [1.82, 2.24) is 4.98 Å². The summed E-state index contributed by atoms with van der Waals surface area (Å²) in [5.41, 5.74) is 1.24. The Morgan fingerprint density at radius 2 is 1.76 bits per heavy atom. The van der Waals surface area contributed by atoms with Gasteiger partial charge in [0, 0.05) is 10.8 Å². The van der Waals surface area contributed by atoms with Gasteiger partial charge in [-0.05, 0) is 75.0 Å². The first-order valence-electron chi connectivity index (χ1n) is 8.55. The van der Waals surface area contributed by atoms with Crippen LogP contribution in [0.5, 0.6) is 0 Å². The first kappa shape index (κ1) is 12.6. The van der Waals surface area contributed by atoms with Crippen LogP contribution in [0.25, 0.3) is 0 Å². The van der Waals surface area contributed by atoms with Crippen molar-refractivity contribution in [2.45, 2.75) is 51.4 Å². The van der Waals surface area contributed by atoms with Crippen LogP contribution >= 0.6 is 11.3 Å². The molecule has 4 bridgehead atoms. The monoisotopic (exact) mass is 302 g/mol. The van der Waals surface area contributed by atoms with Crippen LogP contribution in [0.15, 0.2) is 0 Å². The van der Waals surface area contributed by atoms with E-state index in [1.165, 1.54) is 49.1 Å². The molecule has 1 aromatic rings. The van der Waals surface area contributed by atoms with Crippen molar-refractivity contribution < 1.29 is 4.79 Å². The first-order chi connectivity index (χ1) is 10.3. The Hall–Kier alpha value is -0.900. The van der Waals surface area contributed by atoms with Gasteiger partial charge in [0.25, 0.3) is 0 Å². The highest BCUT2D eigenvalue weighted by Gasteiger charge is 2.50. The summed E-state index contributed by atoms with van der Waals surface area (Å²) in [6.45, 7) is 0. The van der Waals surface area contributed by atoms with E-state index in [2.05, 4.69) is 10.3 Å². The van der Waals surface area contributed by atoms with Crippen LogP contribution in [0.4, 0.5) is 5.13 Å². The highest BCUT2D eigenvalue weighted by atomic mass is 32.1. The van der Waals surface area contributed by atoms with Crippen molar-refractivity contribution >= 4 is 22.4 Å². The molecule has 0 radical (unpaired) electrons. The zero-order valence-corrected chi connectivity index (χ0v) is 13.1. The molecular formula is C17H22N2OS. The van der Waals surface area contributed by atoms with Crippen molar-refractivity contribution in [3.8, 4) is 0 Å². The molecule has 21 heavy (non-hydrogen) atoms. The number of thiazole rings is 1. The normalized spacial score (nSPS) is 39.5. The second kappa shape index (κ2) is 4.55. The van der Waals surface area contributed by atoms with Gasteiger partial charge < -0.3 is 5.32 Å². The van der Waals surface area contributed by atoms with Gasteiger partial charge in [-0.3, -0.25) is 4.79 Å². The Morgan fingerprint density at radius 3 is 2.43 bits per heavy atom. The van der Waals surface area contributed by atoms with Gasteiger partial charge in [-0.25, -0.2) is 4.98 Å². The third kappa shape index (κ3) is 1.98. The van der Waals surface area contributed by atoms with E-state index >= 15 is 0 Å². The fraction of sp³-hybridized carbons (Fsp3) is 0.765. The molecule has 1 N–H and O–H groups in total. The number of nitrogens with zero attached hydrogens (tertiary/aromatic N) is 1. The number of carbonyl (C=O) groups excluding carboxylic acids is 1. The Balaban J connectivity index is 1.34. The van der Waals surface area contributed by atoms with Crippen LogP contribution in [0.2, 0.25) is 0 Å². The number of anilines is 1. The third-order valence-electron chi connectivity index (χ3n) is 6.36. The summed E-state index contributed by atoms with van der Waals surface area (Å²) < 4.78 is 0. The summed E-state index contributed by atoms with van der Waals surface area (Å²) in [7, 11) is 0. The second-order valence-electron chi connectivity index (χ2n) is 7.69. The van der Waals surface area contributed by atoms with Gasteiger partial charge >= 0.3 is 0 Å². The second-order valence-corrected chi connectivity index (χ2v) is 8.77. The van der Waals surface area contributed by atoms with E-state index < -0.39 is 0 Å². The molecule has 112 valence electrons. The first-order valence-corrected chi connectivity index (χ1v) is 9.37. The van der Waals surface area contributed by atoms with Gasteiger partial charge in [0.2, 0.25) is 5.91 Å². The van der Waals surface area contributed by atoms with Crippen LogP contribution < -0.4 is 5.32 Å². The van der Waals surface area contributed by atoms with Crippen LogP contribution in [0.3, 0.4) is 0 Å². The smallest absolute Gasteiger partial charge is 0.229 e. The Labute approximate surface area is 129 Å². The van der Waals surface area contributed by atoms with Crippen molar-refractivity contribution in [2.75, 3.05) is 5.32 Å². The van der Waals surface area contributed by atoms with Gasteiger partial charge in [-0.15, -0.1) is 11.3 Å². The lowest BCUT2D eigenvalue weighted by molar-refractivity contribution is -0.132. The van der Waals surface area contributed by atoms with E-state index in [0.717, 1.165) is 29.8 Å². The predicted octanol–water partition coefficient (Wildman–Crippen LogP) is 3.64. The van der Waals surface area contributed by atoms with Crippen molar-refractivity contribution in [3.63, 3.8) is 0 Å². The van der Waals surface area contributed by atoms with Crippen molar-refractivity contribution in [3.05, 3.63) is 10.6 Å². The molecule has 0 aromatic carbocycles. The summed E-state index contributed by atoms with van der Waals surface area (Å²) in [6, 6.07) is 0. The van der Waals surface area contributed by atoms with Crippen LogP contribution in [0.1, 0.15) is 49.1 Å². The number of hydrogen-bond acceptors (Lipinski definition) is 3. The predicted molar refractivity (Wildman–Crippen MR) is 83.3 cm³/mol. The highest BCUT2D eigenvalue weighted by molar-refractivity contribution is 7.15. The number of hydrogen-bond donors (Lipinski definition) is 1. The SMILES string of the molecule is O=C(Nc1nc2c(s1)CCC2)C1C2CC3CC(C2)CC1C3. The molecule has 4 saturated carbocycles. The van der Waals surface area contributed by atoms with Crippen LogP contribution in [0, 0.1) is 29.6 Å². The average Bonchev–Trinajstić information content (AvgIpc) is 2.98. The number of aromatic nitrogens is 1. The highest BCUT2D eigenvalue weighted by Crippen LogP contribution is 2.56. The minimum Gasteiger partial charge on any atom is -0.302 e. The van der Waals surface area contributed by atoms with Gasteiger partial charge in [0.1, 0.15) is 0 Å². The molecule has 0 unspecified atom stereocenters. The minimum atomic E-state index is 0.274. The van der Waals surface area contributed by atoms with Gasteiger partial charge in [-0.1, -0.05) is 0 Å². The van der Waals surface area contributed by atoms with E-state index in [1.807, 2.05) is 0 Å². The maximum absolute atomic E-state index is 12.8. The number of rotatable bonds is 2. The Morgan fingerprint density at radius 1 is 1.05 bits per heavy atom. The quantitative estimate of drug-likeness (QED) is 0.906. The van der Waals surface area contributed by atoms with Gasteiger partial charge in [-0.2, -0.15) is 0 Å². The molecule has 4 heteroatoms. The topological polar surface area (TPSA) is 42.0 Å². The number of carbonyl (C=O) groups is 1. The average molecular weight is 302 g/mol. The largest absolute Gasteiger partial charge is 0.302 e. The summed E-state index contributed by atoms with van der Waals surface area (Å²) in [5, 5.41) is 4.03. The lowest BCUT2D eigenvalue weighted by Gasteiger charge is -2.53. The summed E-state index contributed by atoms with van der Waals surface area (Å²) in [5.74, 6) is 3.73. The summed E-state index contributed by atoms with van der Waals surface area (Å²) in [4.78, 5) is 18.8. The molecule has 0 spiro atoms. The molecule has 1 amide bonds. The molecule has 5 aliphatic carbocycles. The standard InChI is InChI=1S/C17H22N2OS/c20-16(19-17-18-13-2-1-3-14(13)21-17)15-11-5-9-4-10(7-11)8-12(15)6-9/h9-12,15H,1-8H2,(H,18,19,20). The molecule has 4 fully saturated rings. The number of amides is 1. The molecule has 5 aliphatic rings. The summed E-state index contributed by atoms with van der Waals surface area (Å²) in [6.07, 6.45) is 10.1. The number of nitrogens with one attached hydrogen (secondary N) is 1. The fourth-order valence-corrected chi connectivity index (χ4v) is 6.84. The van der Waals surface area contributed by atoms with Crippen LogP contribution in [-0.4, -0.2) is 10.9 Å². The summed E-state index contributed by atoms with van der Waals surface area (Å²) >= 11 is 1.71. The molecule has 6 rings (SSSR count). The van der Waals surface area contributed by atoms with Gasteiger partial charge in [0.15, 0.2) is 5.13 Å². The molecular weight excluding hydrogens is 280 g/mol. The van der Waals surface area contributed by atoms with E-state index in [-0.39, 0.29) is 11.8 Å². The zero-order chi connectivity index (χ0) is 14.0. The molecule has 1 aromatic heterocycles. The molecule has 1 heterocycles. The fourth-order valence-electron chi connectivity index (χ4n) is 5.79. The van der Waals surface area contributed by atoms with E-state index in [0.29, 0.717) is 11.8 Å². The van der Waals surface area contributed by atoms with E-state index in [9.17, 15) is 4.79 Å². The Bertz CT molecular complexity index is 544.